The molecule has 1 heterocycles. The van der Waals surface area contributed by atoms with Gasteiger partial charge in [0.15, 0.2) is 4.90 Å². The van der Waals surface area contributed by atoms with E-state index in [-0.39, 0.29) is 5.97 Å². The van der Waals surface area contributed by atoms with Crippen molar-refractivity contribution in [2.24, 2.45) is 0 Å². The van der Waals surface area contributed by atoms with Gasteiger partial charge in [-0.1, -0.05) is 0 Å². The highest BCUT2D eigenvalue weighted by atomic mass is 32.2. The average Bonchev–Trinajstić information content (AvgIpc) is 2.89. The lowest BCUT2D eigenvalue weighted by molar-refractivity contribution is 0.0601. The predicted octanol–water partition coefficient (Wildman–Crippen LogP) is 2.81. The van der Waals surface area contributed by atoms with E-state index in [0.717, 1.165) is 27.4 Å². The molecule has 6 heteroatoms. The summed E-state index contributed by atoms with van der Waals surface area (Å²) in [5.41, 5.74) is 3.03. The molecular weight excluding hydrogens is 312 g/mol. The van der Waals surface area contributed by atoms with Crippen LogP contribution in [-0.2, 0) is 19.7 Å². The second-order valence-electron chi connectivity index (χ2n) is 5.20. The summed E-state index contributed by atoms with van der Waals surface area (Å²) in [6, 6.07) is 12.8. The Morgan fingerprint density at radius 1 is 1.17 bits per heavy atom. The molecule has 118 valence electrons. The number of imidazole rings is 1. The standard InChI is InChI=1S/C17H16N2O3S/c1-11-18-15-9-4-12(17(20)22-2)10-16(15)19(11)13-5-7-14(8-6-13)23(3)21/h4-10H,1-3H3/p+1. The van der Waals surface area contributed by atoms with Gasteiger partial charge in [-0.2, -0.15) is 0 Å². The molecule has 1 aromatic heterocycles. The van der Waals surface area contributed by atoms with Gasteiger partial charge < -0.3 is 4.74 Å². The zero-order chi connectivity index (χ0) is 16.6. The Balaban J connectivity index is 2.17. The van der Waals surface area contributed by atoms with Gasteiger partial charge in [-0.3, -0.25) is 4.57 Å². The molecule has 0 radical (unpaired) electrons. The van der Waals surface area contributed by atoms with Gasteiger partial charge in [0.05, 0.1) is 23.7 Å². The zero-order valence-corrected chi connectivity index (χ0v) is 14.0. The van der Waals surface area contributed by atoms with E-state index in [4.69, 9.17) is 4.74 Å². The van der Waals surface area contributed by atoms with Crippen LogP contribution in [0.25, 0.3) is 16.7 Å². The first-order chi connectivity index (χ1) is 11.0. The number of carbonyl (C=O) groups is 1. The SMILES string of the molecule is COC(=O)c1ccc2nc(C)n(-c3ccc([SH+](C)=O)cc3)c2c1. The summed E-state index contributed by atoms with van der Waals surface area (Å²) in [7, 11) is 0.001000. The van der Waals surface area contributed by atoms with Gasteiger partial charge in [0.2, 0.25) is 0 Å². The molecule has 0 spiro atoms. The number of hydrogen-bond donors (Lipinski definition) is 0. The van der Waals surface area contributed by atoms with Crippen molar-refractivity contribution in [3.05, 3.63) is 53.9 Å². The summed E-state index contributed by atoms with van der Waals surface area (Å²) in [4.78, 5) is 17.1. The van der Waals surface area contributed by atoms with E-state index >= 15 is 0 Å². The molecule has 5 nitrogen and oxygen atoms in total. The first kappa shape index (κ1) is 15.4. The summed E-state index contributed by atoms with van der Waals surface area (Å²) in [5.74, 6) is 0.436. The molecule has 0 aliphatic carbocycles. The van der Waals surface area contributed by atoms with Crippen molar-refractivity contribution < 1.29 is 13.7 Å². The molecule has 23 heavy (non-hydrogen) atoms. The van der Waals surface area contributed by atoms with Crippen LogP contribution in [0.2, 0.25) is 0 Å². The second kappa shape index (κ2) is 5.96. The smallest absolute Gasteiger partial charge is 0.337 e. The number of aryl methyl sites for hydroxylation is 1. The lowest BCUT2D eigenvalue weighted by Crippen LogP contribution is -2.02. The summed E-state index contributed by atoms with van der Waals surface area (Å²) in [6.45, 7) is 1.91. The van der Waals surface area contributed by atoms with Crippen molar-refractivity contribution in [3.8, 4) is 5.69 Å². The Bertz CT molecular complexity index is 913. The Labute approximate surface area is 136 Å². The molecule has 0 amide bonds. The Morgan fingerprint density at radius 2 is 1.87 bits per heavy atom. The highest BCUT2D eigenvalue weighted by Crippen LogP contribution is 2.23. The fraction of sp³-hybridized carbons (Fsp3) is 0.176. The third kappa shape index (κ3) is 2.77. The number of nitrogens with zero attached hydrogens (tertiary/aromatic N) is 2. The lowest BCUT2D eigenvalue weighted by atomic mass is 10.2. The summed E-state index contributed by atoms with van der Waals surface area (Å²) >= 11 is 0. The molecule has 1 atom stereocenters. The number of fused-ring (bicyclic) bond motifs is 1. The number of carbonyl (C=O) groups excluding carboxylic acids is 1. The highest BCUT2D eigenvalue weighted by Gasteiger charge is 2.14. The third-order valence-corrected chi connectivity index (χ3v) is 4.74. The van der Waals surface area contributed by atoms with Crippen molar-refractivity contribution in [2.75, 3.05) is 13.4 Å². The Kier molecular flexibility index (Phi) is 4.00. The normalized spacial score (nSPS) is 12.3. The van der Waals surface area contributed by atoms with E-state index in [0.29, 0.717) is 5.56 Å². The first-order valence-corrected chi connectivity index (χ1v) is 8.80. The molecule has 0 saturated carbocycles. The molecule has 0 N–H and O–H groups in total. The van der Waals surface area contributed by atoms with Crippen molar-refractivity contribution in [1.82, 2.24) is 9.55 Å². The quantitative estimate of drug-likeness (QED) is 0.421. The van der Waals surface area contributed by atoms with Crippen LogP contribution in [-0.4, -0.2) is 28.9 Å². The van der Waals surface area contributed by atoms with Crippen LogP contribution in [0.1, 0.15) is 16.2 Å². The van der Waals surface area contributed by atoms with Crippen LogP contribution in [0, 0.1) is 6.92 Å². The van der Waals surface area contributed by atoms with Crippen LogP contribution < -0.4 is 0 Å². The average molecular weight is 329 g/mol. The monoisotopic (exact) mass is 329 g/mol. The van der Waals surface area contributed by atoms with Gasteiger partial charge in [0.1, 0.15) is 22.9 Å². The van der Waals surface area contributed by atoms with Crippen LogP contribution in [0.15, 0.2) is 47.4 Å². The minimum absolute atomic E-state index is 0.379. The summed E-state index contributed by atoms with van der Waals surface area (Å²) in [6.07, 6.45) is 1.69. The highest BCUT2D eigenvalue weighted by molar-refractivity contribution is 7.84. The van der Waals surface area contributed by atoms with Gasteiger partial charge in [-0.05, 0) is 49.4 Å². The molecule has 0 aliphatic rings. The maximum Gasteiger partial charge on any atom is 0.337 e. The van der Waals surface area contributed by atoms with E-state index < -0.39 is 10.8 Å². The van der Waals surface area contributed by atoms with E-state index in [1.807, 2.05) is 41.8 Å². The number of hydrogen-bond acceptors (Lipinski definition) is 4. The molecule has 0 saturated heterocycles. The Hall–Kier alpha value is -2.47. The van der Waals surface area contributed by atoms with Crippen molar-refractivity contribution in [1.29, 1.82) is 0 Å². The zero-order valence-electron chi connectivity index (χ0n) is 13.1. The molecule has 1 unspecified atom stereocenters. The maximum absolute atomic E-state index is 11.7. The molecule has 3 aromatic rings. The fourth-order valence-corrected chi connectivity index (χ4v) is 3.15. The third-order valence-electron chi connectivity index (χ3n) is 3.71. The Morgan fingerprint density at radius 3 is 2.48 bits per heavy atom. The van der Waals surface area contributed by atoms with E-state index in [1.54, 1.807) is 18.4 Å². The lowest BCUT2D eigenvalue weighted by Gasteiger charge is -2.07. The van der Waals surface area contributed by atoms with Gasteiger partial charge in [-0.25, -0.2) is 9.78 Å². The molecule has 0 bridgehead atoms. The number of aromatic nitrogens is 2. The van der Waals surface area contributed by atoms with Crippen molar-refractivity contribution in [2.45, 2.75) is 11.8 Å². The van der Waals surface area contributed by atoms with Gasteiger partial charge in [0, 0.05) is 5.69 Å². The number of thiol groups is 1. The number of rotatable bonds is 3. The molecule has 0 fully saturated rings. The number of ether oxygens (including phenoxy) is 1. The molecule has 0 aliphatic heterocycles. The van der Waals surface area contributed by atoms with Crippen LogP contribution >= 0.6 is 0 Å². The van der Waals surface area contributed by atoms with E-state index in [1.165, 1.54) is 7.11 Å². The van der Waals surface area contributed by atoms with Crippen LogP contribution in [0.5, 0.6) is 0 Å². The first-order valence-electron chi connectivity index (χ1n) is 7.10. The largest absolute Gasteiger partial charge is 0.465 e. The summed E-state index contributed by atoms with van der Waals surface area (Å²) < 4.78 is 18.3. The van der Waals surface area contributed by atoms with Crippen LogP contribution in [0.3, 0.4) is 0 Å². The molecular formula is C17H17N2O3S+. The number of benzene rings is 2. The number of esters is 1. The topological polar surface area (TPSA) is 61.2 Å². The second-order valence-corrected chi connectivity index (χ2v) is 6.71. The van der Waals surface area contributed by atoms with Crippen molar-refractivity contribution >= 4 is 27.8 Å². The maximum atomic E-state index is 11.7. The minimum Gasteiger partial charge on any atom is -0.465 e. The van der Waals surface area contributed by atoms with Gasteiger partial charge >= 0.3 is 5.97 Å². The molecule has 2 aromatic carbocycles. The van der Waals surface area contributed by atoms with Crippen LogP contribution in [0.4, 0.5) is 0 Å². The van der Waals surface area contributed by atoms with Gasteiger partial charge in [0.25, 0.3) is 0 Å². The van der Waals surface area contributed by atoms with E-state index in [2.05, 4.69) is 4.98 Å². The van der Waals surface area contributed by atoms with Gasteiger partial charge in [-0.15, -0.1) is 4.21 Å². The van der Waals surface area contributed by atoms with Crippen molar-refractivity contribution in [3.63, 3.8) is 0 Å². The fourth-order valence-electron chi connectivity index (χ4n) is 2.58. The summed E-state index contributed by atoms with van der Waals surface area (Å²) in [5, 5.41) is 0. The predicted molar refractivity (Wildman–Crippen MR) is 90.8 cm³/mol. The molecule has 3 rings (SSSR count). The number of methoxy groups -OCH3 is 1. The van der Waals surface area contributed by atoms with E-state index in [9.17, 15) is 9.00 Å². The minimum atomic E-state index is -1.36.